The van der Waals surface area contributed by atoms with Crippen molar-refractivity contribution < 1.29 is 4.79 Å². The van der Waals surface area contributed by atoms with Crippen LogP contribution in [-0.2, 0) is 11.3 Å². The van der Waals surface area contributed by atoms with Gasteiger partial charge >= 0.3 is 0 Å². The number of likely N-dealkylation sites (tertiary alicyclic amines) is 2. The molecule has 21 heavy (non-hydrogen) atoms. The van der Waals surface area contributed by atoms with Crippen LogP contribution in [0.15, 0.2) is 30.3 Å². The molecular weight excluding hydrogens is 262 g/mol. The second kappa shape index (κ2) is 6.58. The molecule has 2 atom stereocenters. The van der Waals surface area contributed by atoms with E-state index in [9.17, 15) is 4.79 Å². The van der Waals surface area contributed by atoms with Gasteiger partial charge in [0.15, 0.2) is 0 Å². The predicted octanol–water partition coefficient (Wildman–Crippen LogP) is 1.60. The molecule has 2 aliphatic rings. The quantitative estimate of drug-likeness (QED) is 0.915. The number of piperidine rings is 1. The van der Waals surface area contributed by atoms with Crippen molar-refractivity contribution in [1.29, 1.82) is 0 Å². The Labute approximate surface area is 126 Å². The van der Waals surface area contributed by atoms with E-state index in [2.05, 4.69) is 40.1 Å². The number of rotatable bonds is 4. The van der Waals surface area contributed by atoms with Gasteiger partial charge in [-0.05, 0) is 31.4 Å². The molecule has 2 saturated heterocycles. The van der Waals surface area contributed by atoms with E-state index >= 15 is 0 Å². The van der Waals surface area contributed by atoms with Crippen LogP contribution in [0.2, 0.25) is 0 Å². The molecule has 4 nitrogen and oxygen atoms in total. The first kappa shape index (κ1) is 14.5. The predicted molar refractivity (Wildman–Crippen MR) is 83.7 cm³/mol. The molecule has 0 saturated carbocycles. The normalized spacial score (nSPS) is 27.8. The van der Waals surface area contributed by atoms with Gasteiger partial charge in [-0.25, -0.2) is 0 Å². The van der Waals surface area contributed by atoms with Gasteiger partial charge < -0.3 is 5.73 Å². The Bertz CT molecular complexity index is 476. The van der Waals surface area contributed by atoms with Gasteiger partial charge in [0.05, 0.1) is 6.04 Å². The van der Waals surface area contributed by atoms with Gasteiger partial charge in [-0.2, -0.15) is 0 Å². The number of hydrogen-bond acceptors (Lipinski definition) is 3. The standard InChI is InChI=1S/C17H25N3O/c18-17(21)16-8-4-5-10-20(16)15-9-11-19(13-15)12-14-6-2-1-3-7-14/h1-3,6-7,15-16H,4-5,8-13H2,(H2,18,21)/t15-,16?/m1/s1. The van der Waals surface area contributed by atoms with Crippen LogP contribution in [0.3, 0.4) is 0 Å². The summed E-state index contributed by atoms with van der Waals surface area (Å²) < 4.78 is 0. The van der Waals surface area contributed by atoms with Crippen LogP contribution in [0.5, 0.6) is 0 Å². The molecule has 114 valence electrons. The zero-order chi connectivity index (χ0) is 14.7. The molecule has 4 heteroatoms. The summed E-state index contributed by atoms with van der Waals surface area (Å²) in [5.41, 5.74) is 6.95. The van der Waals surface area contributed by atoms with Crippen LogP contribution >= 0.6 is 0 Å². The molecule has 1 aromatic rings. The van der Waals surface area contributed by atoms with Crippen LogP contribution in [-0.4, -0.2) is 47.4 Å². The number of hydrogen-bond donors (Lipinski definition) is 1. The van der Waals surface area contributed by atoms with Gasteiger partial charge in [0.2, 0.25) is 5.91 Å². The molecule has 3 rings (SSSR count). The highest BCUT2D eigenvalue weighted by atomic mass is 16.1. The average molecular weight is 287 g/mol. The maximum Gasteiger partial charge on any atom is 0.234 e. The fourth-order valence-corrected chi connectivity index (χ4v) is 3.76. The Morgan fingerprint density at radius 3 is 2.71 bits per heavy atom. The van der Waals surface area contributed by atoms with E-state index in [0.29, 0.717) is 6.04 Å². The smallest absolute Gasteiger partial charge is 0.234 e. The zero-order valence-corrected chi connectivity index (χ0v) is 12.6. The first-order chi connectivity index (χ1) is 10.2. The number of benzene rings is 1. The third-order valence-electron chi connectivity index (χ3n) is 4.84. The number of carbonyl (C=O) groups excluding carboxylic acids is 1. The Balaban J connectivity index is 1.59. The number of amides is 1. The Kier molecular flexibility index (Phi) is 4.56. The lowest BCUT2D eigenvalue weighted by atomic mass is 9.99. The van der Waals surface area contributed by atoms with Crippen LogP contribution < -0.4 is 5.73 Å². The van der Waals surface area contributed by atoms with Crippen LogP contribution in [0.25, 0.3) is 0 Å². The molecule has 0 aliphatic carbocycles. The van der Waals surface area contributed by atoms with E-state index in [1.54, 1.807) is 0 Å². The lowest BCUT2D eigenvalue weighted by molar-refractivity contribution is -0.125. The Morgan fingerprint density at radius 1 is 1.14 bits per heavy atom. The second-order valence-electron chi connectivity index (χ2n) is 6.31. The van der Waals surface area contributed by atoms with Crippen LogP contribution in [0.4, 0.5) is 0 Å². The van der Waals surface area contributed by atoms with Gasteiger partial charge in [0.1, 0.15) is 0 Å². The highest BCUT2D eigenvalue weighted by Gasteiger charge is 2.35. The number of primary amides is 1. The van der Waals surface area contributed by atoms with E-state index < -0.39 is 0 Å². The molecule has 1 unspecified atom stereocenters. The molecule has 0 spiro atoms. The van der Waals surface area contributed by atoms with Gasteiger partial charge in [0, 0.05) is 25.7 Å². The van der Waals surface area contributed by atoms with E-state index in [1.807, 2.05) is 0 Å². The molecule has 0 aromatic heterocycles. The van der Waals surface area contributed by atoms with Crippen molar-refractivity contribution in [3.8, 4) is 0 Å². The second-order valence-corrected chi connectivity index (χ2v) is 6.31. The monoisotopic (exact) mass is 287 g/mol. The molecule has 2 aliphatic heterocycles. The molecule has 0 radical (unpaired) electrons. The van der Waals surface area contributed by atoms with Crippen LogP contribution in [0, 0.1) is 0 Å². The maximum absolute atomic E-state index is 11.7. The number of nitrogens with two attached hydrogens (primary N) is 1. The van der Waals surface area contributed by atoms with E-state index in [1.165, 1.54) is 12.0 Å². The Hall–Kier alpha value is -1.39. The molecular formula is C17H25N3O. The highest BCUT2D eigenvalue weighted by Crippen LogP contribution is 2.25. The zero-order valence-electron chi connectivity index (χ0n) is 12.6. The largest absolute Gasteiger partial charge is 0.368 e. The van der Waals surface area contributed by atoms with Crippen molar-refractivity contribution in [2.24, 2.45) is 5.73 Å². The van der Waals surface area contributed by atoms with Gasteiger partial charge in [-0.1, -0.05) is 36.8 Å². The van der Waals surface area contributed by atoms with Crippen molar-refractivity contribution >= 4 is 5.91 Å². The summed E-state index contributed by atoms with van der Waals surface area (Å²) in [6.07, 6.45) is 4.41. The lowest BCUT2D eigenvalue weighted by Crippen LogP contribution is -2.52. The fourth-order valence-electron chi connectivity index (χ4n) is 3.76. The SMILES string of the molecule is NC(=O)C1CCCCN1[C@@H]1CCN(Cc2ccccc2)C1. The average Bonchev–Trinajstić information content (AvgIpc) is 2.96. The van der Waals surface area contributed by atoms with Gasteiger partial charge in [0.25, 0.3) is 0 Å². The molecule has 1 amide bonds. The summed E-state index contributed by atoms with van der Waals surface area (Å²) in [4.78, 5) is 16.5. The van der Waals surface area contributed by atoms with Crippen molar-refractivity contribution in [3.05, 3.63) is 35.9 Å². The van der Waals surface area contributed by atoms with Crippen molar-refractivity contribution in [1.82, 2.24) is 9.80 Å². The summed E-state index contributed by atoms with van der Waals surface area (Å²) in [6.45, 7) is 4.20. The minimum absolute atomic E-state index is 0.0413. The van der Waals surface area contributed by atoms with E-state index in [0.717, 1.165) is 45.4 Å². The summed E-state index contributed by atoms with van der Waals surface area (Å²) in [5.74, 6) is -0.142. The fraction of sp³-hybridized carbons (Fsp3) is 0.588. The van der Waals surface area contributed by atoms with Gasteiger partial charge in [-0.3, -0.25) is 14.6 Å². The first-order valence-electron chi connectivity index (χ1n) is 8.05. The summed E-state index contributed by atoms with van der Waals surface area (Å²) in [5, 5.41) is 0. The molecule has 1 aromatic carbocycles. The van der Waals surface area contributed by atoms with Crippen molar-refractivity contribution in [2.45, 2.75) is 44.3 Å². The third-order valence-corrected chi connectivity index (χ3v) is 4.84. The molecule has 0 bridgehead atoms. The summed E-state index contributed by atoms with van der Waals surface area (Å²) in [6, 6.07) is 11.1. The summed E-state index contributed by atoms with van der Waals surface area (Å²) >= 11 is 0. The van der Waals surface area contributed by atoms with E-state index in [4.69, 9.17) is 5.73 Å². The van der Waals surface area contributed by atoms with Crippen molar-refractivity contribution in [2.75, 3.05) is 19.6 Å². The minimum Gasteiger partial charge on any atom is -0.368 e. The summed E-state index contributed by atoms with van der Waals surface area (Å²) in [7, 11) is 0. The number of carbonyl (C=O) groups is 1. The van der Waals surface area contributed by atoms with Gasteiger partial charge in [-0.15, -0.1) is 0 Å². The highest BCUT2D eigenvalue weighted by molar-refractivity contribution is 5.80. The first-order valence-corrected chi connectivity index (χ1v) is 8.05. The van der Waals surface area contributed by atoms with Crippen molar-refractivity contribution in [3.63, 3.8) is 0 Å². The number of nitrogens with zero attached hydrogens (tertiary/aromatic N) is 2. The molecule has 2 N–H and O–H groups in total. The lowest BCUT2D eigenvalue weighted by Gasteiger charge is -2.38. The third kappa shape index (κ3) is 3.44. The molecule has 2 heterocycles. The van der Waals surface area contributed by atoms with E-state index in [-0.39, 0.29) is 11.9 Å². The minimum atomic E-state index is -0.142. The molecule has 2 fully saturated rings. The maximum atomic E-state index is 11.7. The Morgan fingerprint density at radius 2 is 1.95 bits per heavy atom. The van der Waals surface area contributed by atoms with Crippen LogP contribution in [0.1, 0.15) is 31.2 Å². The topological polar surface area (TPSA) is 49.6 Å².